The van der Waals surface area contributed by atoms with E-state index in [0.29, 0.717) is 0 Å². The van der Waals surface area contributed by atoms with Crippen LogP contribution in [0.3, 0.4) is 0 Å². The van der Waals surface area contributed by atoms with E-state index >= 15 is 0 Å². The van der Waals surface area contributed by atoms with E-state index in [0.717, 1.165) is 34.0 Å². The maximum atomic E-state index is 7.30. The zero-order valence-electron chi connectivity index (χ0n) is 27.4. The van der Waals surface area contributed by atoms with E-state index in [4.69, 9.17) is 25.9 Å². The number of benzene rings is 4. The second-order valence-corrected chi connectivity index (χ2v) is 24.4. The van der Waals surface area contributed by atoms with Gasteiger partial charge in [0.2, 0.25) is 0 Å². The first-order valence-corrected chi connectivity index (χ1v) is 24.3. The minimum Gasteiger partial charge on any atom is -0.415 e. The minimum absolute atomic E-state index is 0.718. The first-order valence-electron chi connectivity index (χ1n) is 15.1. The summed E-state index contributed by atoms with van der Waals surface area (Å²) in [5, 5.41) is 4.18. The first-order chi connectivity index (χ1) is 21.1. The van der Waals surface area contributed by atoms with Crippen molar-refractivity contribution in [3.05, 3.63) is 121 Å². The van der Waals surface area contributed by atoms with Crippen molar-refractivity contribution in [2.75, 3.05) is 27.4 Å². The van der Waals surface area contributed by atoms with E-state index in [1.807, 2.05) is 86.6 Å². The molecule has 0 aliphatic heterocycles. The van der Waals surface area contributed by atoms with Gasteiger partial charge in [-0.1, -0.05) is 121 Å². The lowest BCUT2D eigenvalue weighted by atomic mass is 10.4. The molecule has 0 atom stereocenters. The molecule has 0 N–H and O–H groups in total. The molecule has 4 aromatic carbocycles. The molecule has 0 aliphatic rings. The van der Waals surface area contributed by atoms with Gasteiger partial charge in [0.05, 0.1) is 0 Å². The van der Waals surface area contributed by atoms with Crippen molar-refractivity contribution in [3.8, 4) is 0 Å². The highest BCUT2D eigenvalue weighted by Crippen LogP contribution is 2.19. The highest BCUT2D eigenvalue weighted by Gasteiger charge is 2.53. The highest BCUT2D eigenvalue weighted by molar-refractivity contribution is 7.04. The van der Waals surface area contributed by atoms with Crippen LogP contribution in [-0.2, 0) is 25.9 Å². The fourth-order valence-electron chi connectivity index (χ4n) is 5.30. The van der Waals surface area contributed by atoms with Gasteiger partial charge >= 0.3 is 34.2 Å². The van der Waals surface area contributed by atoms with Gasteiger partial charge in [0.15, 0.2) is 0 Å². The van der Waals surface area contributed by atoms with Gasteiger partial charge in [0.25, 0.3) is 0 Å². The van der Waals surface area contributed by atoms with E-state index in [1.165, 1.54) is 0 Å². The predicted octanol–water partition coefficient (Wildman–Crippen LogP) is 5.29. The molecule has 4 rings (SSSR count). The van der Waals surface area contributed by atoms with Crippen LogP contribution in [0.2, 0.25) is 26.2 Å². The summed E-state index contributed by atoms with van der Waals surface area (Å²) in [6.07, 6.45) is 0. The molecule has 6 nitrogen and oxygen atoms in total. The van der Waals surface area contributed by atoms with E-state index in [1.54, 1.807) is 14.2 Å². The molecular weight excluding hydrogens is 617 g/mol. The maximum absolute atomic E-state index is 7.30. The summed E-state index contributed by atoms with van der Waals surface area (Å²) in [6, 6.07) is 41.0. The topological polar surface area (TPSA) is 55.4 Å². The molecule has 0 saturated carbocycles. The van der Waals surface area contributed by atoms with Crippen LogP contribution in [0.1, 0.15) is 13.8 Å². The third-order valence-electron chi connectivity index (χ3n) is 6.95. The Hall–Kier alpha value is -2.49. The van der Waals surface area contributed by atoms with Crippen LogP contribution in [-0.4, -0.2) is 61.7 Å². The van der Waals surface area contributed by atoms with Gasteiger partial charge in [0, 0.05) is 27.4 Å². The molecule has 0 aliphatic carbocycles. The summed E-state index contributed by atoms with van der Waals surface area (Å²) >= 11 is 0. The van der Waals surface area contributed by atoms with Crippen LogP contribution in [0.15, 0.2) is 121 Å². The summed E-state index contributed by atoms with van der Waals surface area (Å²) in [5.41, 5.74) is 0. The standard InChI is InChI=1S/C26H26O3Si2.C8H22O3Si2/c1-27-30(23-15-7-3-8-16-23,24-17-9-4-10-18-24)29-31(28-2,25-19-11-5-12-20-25)26-21-13-6-14-22-26;1-7-9-12(3,4)11-13(5,6)10-8-2/h3-22H,1-2H3;7-8H2,1-6H3. The van der Waals surface area contributed by atoms with Crippen molar-refractivity contribution in [1.29, 1.82) is 0 Å². The van der Waals surface area contributed by atoms with Crippen LogP contribution >= 0.6 is 0 Å². The van der Waals surface area contributed by atoms with Crippen LogP contribution in [0, 0.1) is 0 Å². The lowest BCUT2D eigenvalue weighted by Crippen LogP contribution is -2.74. The van der Waals surface area contributed by atoms with E-state index in [9.17, 15) is 0 Å². The molecule has 4 aromatic rings. The summed E-state index contributed by atoms with van der Waals surface area (Å²) in [4.78, 5) is 0. The Morgan fingerprint density at radius 3 is 0.864 bits per heavy atom. The molecule has 0 fully saturated rings. The van der Waals surface area contributed by atoms with Gasteiger partial charge in [-0.25, -0.2) is 0 Å². The highest BCUT2D eigenvalue weighted by atomic mass is 28.5. The second-order valence-electron chi connectivity index (χ2n) is 11.0. The summed E-state index contributed by atoms with van der Waals surface area (Å²) in [7, 11) is -6.60. The lowest BCUT2D eigenvalue weighted by Gasteiger charge is -2.40. The van der Waals surface area contributed by atoms with Gasteiger partial charge < -0.3 is 25.9 Å². The monoisotopic (exact) mass is 664 g/mol. The van der Waals surface area contributed by atoms with Crippen molar-refractivity contribution < 1.29 is 25.9 Å². The van der Waals surface area contributed by atoms with Gasteiger partial charge in [-0.2, -0.15) is 0 Å². The predicted molar refractivity (Wildman–Crippen MR) is 190 cm³/mol. The molecule has 0 amide bonds. The molecule has 10 heteroatoms. The molecule has 0 unspecified atom stereocenters. The van der Waals surface area contributed by atoms with Crippen molar-refractivity contribution in [1.82, 2.24) is 0 Å². The molecule has 0 heterocycles. The molecule has 0 saturated heterocycles. The fraction of sp³-hybridized carbons (Fsp3) is 0.294. The average molecular weight is 665 g/mol. The van der Waals surface area contributed by atoms with Crippen LogP contribution < -0.4 is 20.7 Å². The Kier molecular flexibility index (Phi) is 13.7. The molecule has 0 aromatic heterocycles. The summed E-state index contributed by atoms with van der Waals surface area (Å²) in [6.45, 7) is 13.7. The van der Waals surface area contributed by atoms with E-state index < -0.39 is 34.2 Å². The smallest absolute Gasteiger partial charge is 0.398 e. The lowest BCUT2D eigenvalue weighted by molar-refractivity contribution is 0.208. The largest absolute Gasteiger partial charge is 0.415 e. The Balaban J connectivity index is 0.000000345. The Bertz CT molecular complexity index is 1180. The van der Waals surface area contributed by atoms with Crippen molar-refractivity contribution in [3.63, 3.8) is 0 Å². The molecule has 0 radical (unpaired) electrons. The molecular formula is C34H48O6Si4. The van der Waals surface area contributed by atoms with Gasteiger partial charge in [-0.05, 0) is 60.8 Å². The normalized spacial score (nSPS) is 12.4. The van der Waals surface area contributed by atoms with Crippen molar-refractivity contribution >= 4 is 55.0 Å². The Morgan fingerprint density at radius 2 is 0.659 bits per heavy atom. The second kappa shape index (κ2) is 16.7. The minimum atomic E-state index is -3.11. The van der Waals surface area contributed by atoms with Crippen molar-refractivity contribution in [2.45, 2.75) is 40.0 Å². The molecule has 236 valence electrons. The number of rotatable bonds is 14. The van der Waals surface area contributed by atoms with E-state index in [-0.39, 0.29) is 0 Å². The quantitative estimate of drug-likeness (QED) is 0.171. The number of hydrogen-bond donors (Lipinski definition) is 0. The molecule has 0 spiro atoms. The zero-order chi connectivity index (χ0) is 32.1. The van der Waals surface area contributed by atoms with Gasteiger partial charge in [0.1, 0.15) is 0 Å². The maximum Gasteiger partial charge on any atom is 0.398 e. The van der Waals surface area contributed by atoms with Gasteiger partial charge in [-0.3, -0.25) is 0 Å². The van der Waals surface area contributed by atoms with Crippen LogP contribution in [0.5, 0.6) is 0 Å². The third-order valence-corrected chi connectivity index (χ3v) is 20.7. The van der Waals surface area contributed by atoms with Crippen LogP contribution in [0.4, 0.5) is 0 Å². The average Bonchev–Trinajstić information content (AvgIpc) is 3.03. The van der Waals surface area contributed by atoms with Gasteiger partial charge in [-0.15, -0.1) is 0 Å². The fourth-order valence-corrected chi connectivity index (χ4v) is 20.2. The number of hydrogen-bond acceptors (Lipinski definition) is 6. The summed E-state index contributed by atoms with van der Waals surface area (Å²) < 4.78 is 37.2. The molecule has 0 bridgehead atoms. The van der Waals surface area contributed by atoms with Crippen molar-refractivity contribution in [2.24, 2.45) is 0 Å². The Morgan fingerprint density at radius 1 is 0.409 bits per heavy atom. The zero-order valence-corrected chi connectivity index (χ0v) is 31.4. The van der Waals surface area contributed by atoms with Crippen LogP contribution in [0.25, 0.3) is 0 Å². The molecule has 44 heavy (non-hydrogen) atoms. The Labute approximate surface area is 268 Å². The SMILES string of the molecule is CCO[Si](C)(C)O[Si](C)(C)OCC.CO[Si](O[Si](OC)(c1ccccc1)c1ccccc1)(c1ccccc1)c1ccccc1. The first kappa shape index (κ1) is 36.0. The van der Waals surface area contributed by atoms with E-state index in [2.05, 4.69) is 74.7 Å². The third kappa shape index (κ3) is 9.27. The summed E-state index contributed by atoms with van der Waals surface area (Å²) in [5.74, 6) is 0.